The Morgan fingerprint density at radius 3 is 2.45 bits per heavy atom. The predicted molar refractivity (Wildman–Crippen MR) is 84.4 cm³/mol. The van der Waals surface area contributed by atoms with Gasteiger partial charge in [-0.2, -0.15) is 0 Å². The average molecular weight is 279 g/mol. The molecule has 0 spiro atoms. The van der Waals surface area contributed by atoms with Crippen molar-refractivity contribution in [1.82, 2.24) is 5.32 Å². The quantitative estimate of drug-likeness (QED) is 0.681. The maximum atomic E-state index is 9.30. The van der Waals surface area contributed by atoms with Crippen molar-refractivity contribution in [3.8, 4) is 5.75 Å². The van der Waals surface area contributed by atoms with Gasteiger partial charge in [0.1, 0.15) is 5.75 Å². The van der Waals surface area contributed by atoms with Gasteiger partial charge in [0.25, 0.3) is 0 Å². The van der Waals surface area contributed by atoms with Crippen molar-refractivity contribution in [2.75, 3.05) is 20.3 Å². The number of hydrogen-bond donors (Lipinski definition) is 2. The van der Waals surface area contributed by atoms with E-state index < -0.39 is 0 Å². The molecule has 0 aromatic heterocycles. The summed E-state index contributed by atoms with van der Waals surface area (Å²) in [6.45, 7) is 7.29. The van der Waals surface area contributed by atoms with Crippen molar-refractivity contribution in [3.05, 3.63) is 29.8 Å². The third-order valence-corrected chi connectivity index (χ3v) is 4.16. The molecule has 0 radical (unpaired) electrons. The summed E-state index contributed by atoms with van der Waals surface area (Å²) in [5.41, 5.74) is 1.16. The molecule has 0 saturated carbocycles. The molecule has 0 aliphatic carbocycles. The highest BCUT2D eigenvalue weighted by Gasteiger charge is 2.19. The number of aliphatic hydroxyl groups is 1. The molecule has 0 heterocycles. The van der Waals surface area contributed by atoms with Gasteiger partial charge >= 0.3 is 0 Å². The summed E-state index contributed by atoms with van der Waals surface area (Å²) in [6.07, 6.45) is 2.97. The number of likely N-dealkylation sites (N-methyl/N-ethyl adjacent to an activating group) is 1. The molecule has 2 unspecified atom stereocenters. The van der Waals surface area contributed by atoms with E-state index in [2.05, 4.69) is 31.3 Å². The first-order valence-corrected chi connectivity index (χ1v) is 7.57. The summed E-state index contributed by atoms with van der Waals surface area (Å²) in [5.74, 6) is 1.53. The first kappa shape index (κ1) is 17.0. The van der Waals surface area contributed by atoms with Crippen molar-refractivity contribution in [3.63, 3.8) is 0 Å². The maximum Gasteiger partial charge on any atom is 0.119 e. The van der Waals surface area contributed by atoms with Crippen LogP contribution in [0.3, 0.4) is 0 Å². The molecule has 0 saturated heterocycles. The van der Waals surface area contributed by atoms with Gasteiger partial charge < -0.3 is 15.2 Å². The highest BCUT2D eigenvalue weighted by molar-refractivity contribution is 5.29. The first-order valence-electron chi connectivity index (χ1n) is 7.57. The highest BCUT2D eigenvalue weighted by Crippen LogP contribution is 2.21. The second-order valence-corrected chi connectivity index (χ2v) is 5.80. The van der Waals surface area contributed by atoms with E-state index in [-0.39, 0.29) is 12.1 Å². The predicted octanol–water partition coefficient (Wildman–Crippen LogP) is 3.33. The van der Waals surface area contributed by atoms with Gasteiger partial charge in [0, 0.05) is 5.54 Å². The fraction of sp³-hybridized carbons (Fsp3) is 0.647. The van der Waals surface area contributed by atoms with Gasteiger partial charge in [0.2, 0.25) is 0 Å². The maximum absolute atomic E-state index is 9.30. The Balaban J connectivity index is 2.36. The molecule has 0 fully saturated rings. The molecule has 0 aliphatic rings. The van der Waals surface area contributed by atoms with E-state index in [1.165, 1.54) is 5.56 Å². The van der Waals surface area contributed by atoms with Crippen LogP contribution in [0.4, 0.5) is 0 Å². The number of benzene rings is 1. The molecule has 1 rings (SSSR count). The van der Waals surface area contributed by atoms with Crippen LogP contribution in [0.1, 0.15) is 51.5 Å². The molecule has 2 atom stereocenters. The largest absolute Gasteiger partial charge is 0.494 e. The molecule has 20 heavy (non-hydrogen) atoms. The van der Waals surface area contributed by atoms with E-state index in [4.69, 9.17) is 4.74 Å². The zero-order chi connectivity index (χ0) is 15.0. The third kappa shape index (κ3) is 5.14. The van der Waals surface area contributed by atoms with Crippen molar-refractivity contribution in [1.29, 1.82) is 0 Å². The molecule has 3 heteroatoms. The van der Waals surface area contributed by atoms with Crippen LogP contribution in [-0.2, 0) is 0 Å². The smallest absolute Gasteiger partial charge is 0.119 e. The lowest BCUT2D eigenvalue weighted by molar-refractivity contribution is 0.163. The van der Waals surface area contributed by atoms with Crippen LogP contribution in [-0.4, -0.2) is 30.9 Å². The van der Waals surface area contributed by atoms with Crippen molar-refractivity contribution < 1.29 is 9.84 Å². The van der Waals surface area contributed by atoms with Gasteiger partial charge in [0.15, 0.2) is 0 Å². The number of rotatable bonds is 9. The molecular weight excluding hydrogens is 250 g/mol. The summed E-state index contributed by atoms with van der Waals surface area (Å²) < 4.78 is 5.75. The number of hydrogen-bond acceptors (Lipinski definition) is 3. The van der Waals surface area contributed by atoms with Crippen LogP contribution in [0.15, 0.2) is 24.3 Å². The molecule has 3 nitrogen and oxygen atoms in total. The monoisotopic (exact) mass is 279 g/mol. The Hall–Kier alpha value is -1.06. The fourth-order valence-electron chi connectivity index (χ4n) is 2.06. The Labute approximate surface area is 123 Å². The lowest BCUT2D eigenvalue weighted by atomic mass is 9.97. The van der Waals surface area contributed by atoms with E-state index in [9.17, 15) is 5.11 Å². The van der Waals surface area contributed by atoms with Crippen LogP contribution in [0.2, 0.25) is 0 Å². The van der Waals surface area contributed by atoms with Gasteiger partial charge in [-0.1, -0.05) is 26.0 Å². The summed E-state index contributed by atoms with van der Waals surface area (Å²) >= 11 is 0. The zero-order valence-corrected chi connectivity index (χ0v) is 13.3. The van der Waals surface area contributed by atoms with E-state index in [1.807, 2.05) is 26.1 Å². The second kappa shape index (κ2) is 8.28. The third-order valence-electron chi connectivity index (χ3n) is 4.16. The lowest BCUT2D eigenvalue weighted by Crippen LogP contribution is -2.43. The van der Waals surface area contributed by atoms with Crippen molar-refractivity contribution in [2.45, 2.75) is 51.5 Å². The summed E-state index contributed by atoms with van der Waals surface area (Å²) in [6, 6.07) is 8.39. The molecular formula is C17H29NO2. The van der Waals surface area contributed by atoms with E-state index in [1.54, 1.807) is 0 Å². The summed E-state index contributed by atoms with van der Waals surface area (Å²) in [4.78, 5) is 0. The van der Waals surface area contributed by atoms with Crippen LogP contribution < -0.4 is 10.1 Å². The Bertz CT molecular complexity index is 371. The zero-order valence-electron chi connectivity index (χ0n) is 13.3. The summed E-state index contributed by atoms with van der Waals surface area (Å²) in [5, 5.41) is 12.5. The summed E-state index contributed by atoms with van der Waals surface area (Å²) in [7, 11) is 1.88. The van der Waals surface area contributed by atoms with Crippen LogP contribution in [0, 0.1) is 0 Å². The number of aliphatic hydroxyl groups excluding tert-OH is 1. The molecule has 0 aliphatic heterocycles. The van der Waals surface area contributed by atoms with Gasteiger partial charge in [-0.05, 0) is 56.8 Å². The van der Waals surface area contributed by atoms with Crippen LogP contribution in [0.5, 0.6) is 5.75 Å². The average Bonchev–Trinajstić information content (AvgIpc) is 2.51. The van der Waals surface area contributed by atoms with Gasteiger partial charge in [0.05, 0.1) is 13.2 Å². The normalized spacial score (nSPS) is 15.7. The fourth-order valence-corrected chi connectivity index (χ4v) is 2.06. The van der Waals surface area contributed by atoms with Crippen molar-refractivity contribution in [2.24, 2.45) is 0 Å². The van der Waals surface area contributed by atoms with Gasteiger partial charge in [-0.3, -0.25) is 0 Å². The van der Waals surface area contributed by atoms with Gasteiger partial charge in [-0.15, -0.1) is 0 Å². The minimum atomic E-state index is -0.205. The first-order chi connectivity index (χ1) is 9.54. The van der Waals surface area contributed by atoms with E-state index in [0.717, 1.165) is 25.0 Å². The Morgan fingerprint density at radius 1 is 1.30 bits per heavy atom. The molecule has 114 valence electrons. The minimum absolute atomic E-state index is 0.146. The van der Waals surface area contributed by atoms with E-state index >= 15 is 0 Å². The Kier molecular flexibility index (Phi) is 7.03. The minimum Gasteiger partial charge on any atom is -0.494 e. The SMILES string of the molecule is CCC(C)c1ccc(OCCCC(C)(CO)NC)cc1. The molecule has 0 amide bonds. The molecule has 2 N–H and O–H groups in total. The standard InChI is InChI=1S/C17H29NO2/c1-5-14(2)15-7-9-16(10-8-15)20-12-6-11-17(3,13-19)18-4/h7-10,14,18-19H,5-6,11-13H2,1-4H3. The van der Waals surface area contributed by atoms with Crippen LogP contribution >= 0.6 is 0 Å². The highest BCUT2D eigenvalue weighted by atomic mass is 16.5. The topological polar surface area (TPSA) is 41.5 Å². The Morgan fingerprint density at radius 2 is 1.95 bits per heavy atom. The van der Waals surface area contributed by atoms with Crippen LogP contribution in [0.25, 0.3) is 0 Å². The second-order valence-electron chi connectivity index (χ2n) is 5.80. The van der Waals surface area contributed by atoms with E-state index in [0.29, 0.717) is 12.5 Å². The van der Waals surface area contributed by atoms with Gasteiger partial charge in [-0.25, -0.2) is 0 Å². The lowest BCUT2D eigenvalue weighted by Gasteiger charge is -2.26. The van der Waals surface area contributed by atoms with Crippen molar-refractivity contribution >= 4 is 0 Å². The molecule has 0 bridgehead atoms. The molecule has 1 aromatic carbocycles. The number of nitrogens with one attached hydrogen (secondary N) is 1. The molecule has 1 aromatic rings. The number of ether oxygens (including phenoxy) is 1.